The van der Waals surface area contributed by atoms with Crippen molar-refractivity contribution in [1.29, 1.82) is 0 Å². The Balaban J connectivity index is 0.000000166. The van der Waals surface area contributed by atoms with E-state index in [-0.39, 0.29) is 47.9 Å². The summed E-state index contributed by atoms with van der Waals surface area (Å²) in [6, 6.07) is 41.1. The van der Waals surface area contributed by atoms with E-state index >= 15 is 0 Å². The Morgan fingerprint density at radius 1 is 0.592 bits per heavy atom. The summed E-state index contributed by atoms with van der Waals surface area (Å²) in [6.45, 7) is 8.84. The second kappa shape index (κ2) is 28.9. The van der Waals surface area contributed by atoms with Gasteiger partial charge in [0.05, 0.1) is 6.20 Å². The van der Waals surface area contributed by atoms with Crippen LogP contribution in [0, 0.1) is 12.7 Å². The molecule has 3 aliphatic heterocycles. The van der Waals surface area contributed by atoms with E-state index in [2.05, 4.69) is 75.9 Å². The van der Waals surface area contributed by atoms with Gasteiger partial charge in [0.1, 0.15) is 17.8 Å². The molecule has 18 heteroatoms. The minimum atomic E-state index is -0.245. The number of halogens is 2. The highest BCUT2D eigenvalue weighted by atomic mass is 35.5. The van der Waals surface area contributed by atoms with Crippen LogP contribution in [0.5, 0.6) is 0 Å². The van der Waals surface area contributed by atoms with Crippen molar-refractivity contribution >= 4 is 58.5 Å². The molecule has 4 heterocycles. The van der Waals surface area contributed by atoms with Crippen molar-refractivity contribution in [3.63, 3.8) is 0 Å². The number of carbonyl (C=O) groups excluding carboxylic acids is 4. The molecule has 0 bridgehead atoms. The first-order chi connectivity index (χ1) is 36.8. The number of piperidine rings is 3. The topological polar surface area (TPSA) is 179 Å². The molecular weight excluding hydrogens is 983 g/mol. The fraction of sp³-hybridized carbons (Fsp3) is 0.345. The molecule has 6 N–H and O–H groups in total. The molecule has 3 fully saturated rings. The molecule has 0 aliphatic carbocycles. The predicted octanol–water partition coefficient (Wildman–Crippen LogP) is 10.0. The summed E-state index contributed by atoms with van der Waals surface area (Å²) in [4.78, 5) is 65.5. The Kier molecular flexibility index (Phi) is 21.3. The number of aryl methyl sites for hydroxylation is 1. The molecule has 76 heavy (non-hydrogen) atoms. The van der Waals surface area contributed by atoms with Gasteiger partial charge in [0.25, 0.3) is 5.91 Å². The van der Waals surface area contributed by atoms with Crippen LogP contribution in [0.2, 0.25) is 5.02 Å². The minimum absolute atomic E-state index is 0.0586. The monoisotopic (exact) mass is 1050 g/mol. The van der Waals surface area contributed by atoms with Gasteiger partial charge >= 0.3 is 18.1 Å². The summed E-state index contributed by atoms with van der Waals surface area (Å²) >= 11 is 5.93. The molecule has 7 amide bonds. The molecule has 16 nitrogen and oxygen atoms in total. The third-order valence-electron chi connectivity index (χ3n) is 13.3. The van der Waals surface area contributed by atoms with E-state index in [0.717, 1.165) is 94.6 Å². The van der Waals surface area contributed by atoms with Crippen molar-refractivity contribution in [3.05, 3.63) is 179 Å². The molecule has 0 saturated carbocycles. The largest absolute Gasteiger partial charge is 0.361 e. The highest BCUT2D eigenvalue weighted by Crippen LogP contribution is 2.21. The number of aromatic nitrogens is 2. The zero-order valence-electron chi connectivity index (χ0n) is 43.6. The van der Waals surface area contributed by atoms with Crippen molar-refractivity contribution in [3.8, 4) is 0 Å². The molecular formula is C58H70ClFN12O4. The fourth-order valence-corrected chi connectivity index (χ4v) is 9.45. The van der Waals surface area contributed by atoms with Crippen LogP contribution >= 0.6 is 11.6 Å². The lowest BCUT2D eigenvalue weighted by Gasteiger charge is -2.32. The number of carbonyl (C=O) groups is 4. The highest BCUT2D eigenvalue weighted by molar-refractivity contribution is 6.30. The molecule has 3 aliphatic rings. The van der Waals surface area contributed by atoms with E-state index < -0.39 is 0 Å². The Labute approximate surface area is 450 Å². The summed E-state index contributed by atoms with van der Waals surface area (Å²) in [5, 5.41) is 18.2. The van der Waals surface area contributed by atoms with E-state index in [9.17, 15) is 23.6 Å². The third-order valence-corrected chi connectivity index (χ3v) is 13.5. The van der Waals surface area contributed by atoms with Gasteiger partial charge in [0.2, 0.25) is 0 Å². The normalized spacial score (nSPS) is 15.4. The highest BCUT2D eigenvalue weighted by Gasteiger charge is 2.26. The molecule has 3 saturated heterocycles. The number of nitrogens with one attached hydrogen (secondary N) is 6. The van der Waals surface area contributed by atoms with Gasteiger partial charge in [-0.3, -0.25) is 14.6 Å². The Hall–Kier alpha value is -7.60. The number of amides is 7. The first-order valence-electron chi connectivity index (χ1n) is 25.9. The summed E-state index contributed by atoms with van der Waals surface area (Å²) in [5.41, 5.74) is 6.32. The molecule has 0 spiro atoms. The second-order valence-electron chi connectivity index (χ2n) is 19.5. The third kappa shape index (κ3) is 18.7. The van der Waals surface area contributed by atoms with Gasteiger partial charge < -0.3 is 41.7 Å². The molecule has 400 valence electrons. The van der Waals surface area contributed by atoms with Crippen molar-refractivity contribution < 1.29 is 23.6 Å². The molecule has 5 aromatic carbocycles. The first kappa shape index (κ1) is 56.1. The standard InChI is InChI=1S/C20H23N3O2.C19H22ClN3O.C19H25FN6O/c1-15-6-5-9-18(14-15)22-20(25)21-17-10-12-23(13-11-17)19(24)16-7-3-2-4-8-16;20-16-7-4-8-18(13-16)22-19(24)21-17-9-11-23(12-10-17)14-15-5-2-1-3-6-15;1-25(2)18-17(11-21-13-22-18)24-19(27)23-16-7-9-26(10-8-16)12-14-3-5-15(20)6-4-14/h2-9,14,17H,10-13H2,1H3,(H2,21,22,25);1-8,13,17H,9-12,14H2,(H2,21,22,24);3-6,11,13,16H,7-10,12H2,1-2H3,(H2,23,24,27). The maximum Gasteiger partial charge on any atom is 0.319 e. The summed E-state index contributed by atoms with van der Waals surface area (Å²) in [7, 11) is 3.73. The van der Waals surface area contributed by atoms with Crippen LogP contribution in [0.3, 0.4) is 0 Å². The van der Waals surface area contributed by atoms with Crippen LogP contribution in [0.15, 0.2) is 146 Å². The Morgan fingerprint density at radius 3 is 1.61 bits per heavy atom. The maximum atomic E-state index is 13.0. The zero-order valence-corrected chi connectivity index (χ0v) is 44.3. The van der Waals surface area contributed by atoms with Crippen LogP contribution in [0.4, 0.5) is 41.7 Å². The number of hydrogen-bond acceptors (Lipinski definition) is 9. The SMILES string of the molecule is CN(C)c1ncncc1NC(=O)NC1CCN(Cc2ccc(F)cc2)CC1.Cc1cccc(NC(=O)NC2CCN(C(=O)c3ccccc3)CC2)c1.O=C(Nc1cccc(Cl)c1)NC1CCN(Cc2ccccc2)CC1. The fourth-order valence-electron chi connectivity index (χ4n) is 9.26. The molecule has 6 aromatic rings. The molecule has 1 aromatic heterocycles. The van der Waals surface area contributed by atoms with E-state index in [1.54, 1.807) is 18.3 Å². The number of hydrogen-bond donors (Lipinski definition) is 6. The zero-order chi connectivity index (χ0) is 53.7. The van der Waals surface area contributed by atoms with Crippen molar-refractivity contribution in [2.45, 2.75) is 76.7 Å². The number of nitrogens with zero attached hydrogens (tertiary/aromatic N) is 6. The Morgan fingerprint density at radius 2 is 1.08 bits per heavy atom. The van der Waals surface area contributed by atoms with Gasteiger partial charge in [-0.05, 0) is 117 Å². The van der Waals surface area contributed by atoms with Gasteiger partial charge in [0, 0.05) is 107 Å². The van der Waals surface area contributed by atoms with Crippen molar-refractivity contribution in [1.82, 2.24) is 40.6 Å². The lowest BCUT2D eigenvalue weighted by atomic mass is 10.0. The van der Waals surface area contributed by atoms with Crippen LogP contribution < -0.4 is 36.8 Å². The average Bonchev–Trinajstić information content (AvgIpc) is 3.41. The van der Waals surface area contributed by atoms with E-state index in [1.807, 2.05) is 116 Å². The van der Waals surface area contributed by atoms with Gasteiger partial charge in [-0.25, -0.2) is 28.7 Å². The van der Waals surface area contributed by atoms with E-state index in [1.165, 1.54) is 24.0 Å². The van der Waals surface area contributed by atoms with E-state index in [0.29, 0.717) is 40.9 Å². The minimum Gasteiger partial charge on any atom is -0.361 e. The quantitative estimate of drug-likeness (QED) is 0.0696. The lowest BCUT2D eigenvalue weighted by molar-refractivity contribution is 0.0708. The van der Waals surface area contributed by atoms with E-state index in [4.69, 9.17) is 11.6 Å². The van der Waals surface area contributed by atoms with Crippen LogP contribution in [-0.4, -0.2) is 120 Å². The molecule has 0 unspecified atom stereocenters. The van der Waals surface area contributed by atoms with Gasteiger partial charge in [-0.1, -0.05) is 90.5 Å². The number of benzene rings is 5. The van der Waals surface area contributed by atoms with Gasteiger partial charge in [0.15, 0.2) is 5.82 Å². The number of rotatable bonds is 12. The van der Waals surface area contributed by atoms with Gasteiger partial charge in [-0.15, -0.1) is 0 Å². The van der Waals surface area contributed by atoms with Crippen molar-refractivity contribution in [2.24, 2.45) is 0 Å². The lowest BCUT2D eigenvalue weighted by Crippen LogP contribution is -2.47. The Bertz CT molecular complexity index is 2770. The average molecular weight is 1050 g/mol. The maximum absolute atomic E-state index is 13.0. The number of likely N-dealkylation sites (tertiary alicyclic amines) is 3. The summed E-state index contributed by atoms with van der Waals surface area (Å²) in [5.74, 6) is 0.506. The first-order valence-corrected chi connectivity index (χ1v) is 26.3. The molecule has 0 radical (unpaired) electrons. The second-order valence-corrected chi connectivity index (χ2v) is 19.9. The smallest absolute Gasteiger partial charge is 0.319 e. The van der Waals surface area contributed by atoms with Crippen molar-refractivity contribution in [2.75, 3.05) is 74.2 Å². The summed E-state index contributed by atoms with van der Waals surface area (Å²) in [6.07, 6.45) is 8.26. The predicted molar refractivity (Wildman–Crippen MR) is 300 cm³/mol. The number of urea groups is 3. The number of anilines is 4. The molecule has 0 atom stereocenters. The van der Waals surface area contributed by atoms with Crippen LogP contribution in [0.1, 0.15) is 65.6 Å². The van der Waals surface area contributed by atoms with Crippen LogP contribution in [-0.2, 0) is 13.1 Å². The molecule has 9 rings (SSSR count). The van der Waals surface area contributed by atoms with Crippen LogP contribution in [0.25, 0.3) is 0 Å². The van der Waals surface area contributed by atoms with Gasteiger partial charge in [-0.2, -0.15) is 0 Å². The summed E-state index contributed by atoms with van der Waals surface area (Å²) < 4.78 is 13.0.